The fraction of sp³-hybridized carbons (Fsp3) is 0.286. The maximum Gasteiger partial charge on any atom is 0.224 e. The number of nitrogens with one attached hydrogen (secondary N) is 2. The fourth-order valence-corrected chi connectivity index (χ4v) is 1.87. The average Bonchev–Trinajstić information content (AvgIpc) is 2.33. The van der Waals surface area contributed by atoms with E-state index in [2.05, 4.69) is 20.6 Å². The van der Waals surface area contributed by atoms with Crippen LogP contribution in [0.5, 0.6) is 0 Å². The van der Waals surface area contributed by atoms with Gasteiger partial charge in [-0.25, -0.2) is 4.98 Å². The molecule has 0 amide bonds. The van der Waals surface area contributed by atoms with Gasteiger partial charge in [0.2, 0.25) is 5.95 Å². The van der Waals surface area contributed by atoms with Gasteiger partial charge in [0, 0.05) is 29.0 Å². The van der Waals surface area contributed by atoms with Crippen molar-refractivity contribution in [2.24, 2.45) is 0 Å². The smallest absolute Gasteiger partial charge is 0.224 e. The van der Waals surface area contributed by atoms with Gasteiger partial charge in [-0.15, -0.1) is 0 Å². The van der Waals surface area contributed by atoms with Crippen LogP contribution in [0.2, 0.25) is 5.02 Å². The highest BCUT2D eigenvalue weighted by molar-refractivity contribution is 6.31. The Balaban J connectivity index is 2.24. The van der Waals surface area contributed by atoms with Gasteiger partial charge in [0.15, 0.2) is 0 Å². The summed E-state index contributed by atoms with van der Waals surface area (Å²) in [6.45, 7) is 6.72. The topological polar surface area (TPSA) is 49.8 Å². The highest BCUT2D eigenvalue weighted by atomic mass is 35.5. The molecule has 2 rings (SSSR count). The van der Waals surface area contributed by atoms with Crippen molar-refractivity contribution >= 4 is 29.1 Å². The Morgan fingerprint density at radius 2 is 1.95 bits per heavy atom. The maximum absolute atomic E-state index is 6.11. The molecule has 1 aromatic carbocycles. The summed E-state index contributed by atoms with van der Waals surface area (Å²) in [6.07, 6.45) is 0. The normalized spacial score (nSPS) is 10.3. The summed E-state index contributed by atoms with van der Waals surface area (Å²) < 4.78 is 0. The Hall–Kier alpha value is -1.81. The first-order chi connectivity index (χ1) is 9.08. The number of halogens is 1. The second-order valence-corrected chi connectivity index (χ2v) is 4.74. The molecule has 0 fully saturated rings. The molecule has 1 aromatic heterocycles. The third-order valence-electron chi connectivity index (χ3n) is 2.63. The van der Waals surface area contributed by atoms with Crippen LogP contribution in [0.4, 0.5) is 17.5 Å². The molecule has 0 unspecified atom stereocenters. The predicted octanol–water partition coefficient (Wildman–Crippen LogP) is 3.92. The molecule has 0 saturated heterocycles. The molecule has 4 nitrogen and oxygen atoms in total. The number of benzene rings is 1. The number of nitrogens with zero attached hydrogens (tertiary/aromatic N) is 2. The molecule has 0 aliphatic rings. The third kappa shape index (κ3) is 3.58. The van der Waals surface area contributed by atoms with E-state index in [1.54, 1.807) is 0 Å². The molecule has 0 bridgehead atoms. The van der Waals surface area contributed by atoms with Gasteiger partial charge in [-0.3, -0.25) is 0 Å². The van der Waals surface area contributed by atoms with Gasteiger partial charge < -0.3 is 10.6 Å². The zero-order valence-electron chi connectivity index (χ0n) is 11.3. The average molecular weight is 277 g/mol. The number of aromatic nitrogens is 2. The fourth-order valence-electron chi connectivity index (χ4n) is 1.69. The van der Waals surface area contributed by atoms with Crippen LogP contribution in [-0.2, 0) is 0 Å². The largest absolute Gasteiger partial charge is 0.354 e. The quantitative estimate of drug-likeness (QED) is 0.889. The van der Waals surface area contributed by atoms with Crippen LogP contribution in [0.25, 0.3) is 0 Å². The van der Waals surface area contributed by atoms with Crippen molar-refractivity contribution in [1.29, 1.82) is 0 Å². The van der Waals surface area contributed by atoms with Gasteiger partial charge in [0.05, 0.1) is 0 Å². The molecule has 19 heavy (non-hydrogen) atoms. The van der Waals surface area contributed by atoms with E-state index in [0.29, 0.717) is 5.95 Å². The molecular formula is C14H17ClN4. The van der Waals surface area contributed by atoms with Gasteiger partial charge in [-0.1, -0.05) is 17.7 Å². The Morgan fingerprint density at radius 3 is 2.63 bits per heavy atom. The summed E-state index contributed by atoms with van der Waals surface area (Å²) in [5.41, 5.74) is 2.88. The predicted molar refractivity (Wildman–Crippen MR) is 80.4 cm³/mol. The number of hydrogen-bond acceptors (Lipinski definition) is 4. The van der Waals surface area contributed by atoms with Crippen molar-refractivity contribution in [2.75, 3.05) is 17.2 Å². The first kappa shape index (κ1) is 13.6. The van der Waals surface area contributed by atoms with Crippen LogP contribution in [-0.4, -0.2) is 16.5 Å². The van der Waals surface area contributed by atoms with E-state index in [0.717, 1.165) is 34.3 Å². The van der Waals surface area contributed by atoms with Gasteiger partial charge in [-0.2, -0.15) is 4.98 Å². The highest BCUT2D eigenvalue weighted by Gasteiger charge is 2.03. The minimum Gasteiger partial charge on any atom is -0.354 e. The second-order valence-electron chi connectivity index (χ2n) is 4.34. The van der Waals surface area contributed by atoms with E-state index in [1.165, 1.54) is 0 Å². The highest BCUT2D eigenvalue weighted by Crippen LogP contribution is 2.23. The zero-order chi connectivity index (χ0) is 13.8. The van der Waals surface area contributed by atoms with Crippen molar-refractivity contribution in [1.82, 2.24) is 9.97 Å². The van der Waals surface area contributed by atoms with Crippen LogP contribution in [0, 0.1) is 13.8 Å². The molecule has 2 aromatic rings. The summed E-state index contributed by atoms with van der Waals surface area (Å²) in [5.74, 6) is 1.38. The van der Waals surface area contributed by atoms with Gasteiger partial charge in [0.1, 0.15) is 5.82 Å². The third-order valence-corrected chi connectivity index (χ3v) is 3.04. The lowest BCUT2D eigenvalue weighted by Gasteiger charge is -2.10. The van der Waals surface area contributed by atoms with Crippen molar-refractivity contribution in [3.63, 3.8) is 0 Å². The van der Waals surface area contributed by atoms with Crippen molar-refractivity contribution < 1.29 is 0 Å². The van der Waals surface area contributed by atoms with Gasteiger partial charge >= 0.3 is 0 Å². The van der Waals surface area contributed by atoms with Crippen molar-refractivity contribution in [3.8, 4) is 0 Å². The lowest BCUT2D eigenvalue weighted by Crippen LogP contribution is -2.05. The molecule has 1 heterocycles. The van der Waals surface area contributed by atoms with Crippen molar-refractivity contribution in [2.45, 2.75) is 20.8 Å². The van der Waals surface area contributed by atoms with E-state index in [-0.39, 0.29) is 0 Å². The van der Waals surface area contributed by atoms with E-state index >= 15 is 0 Å². The summed E-state index contributed by atoms with van der Waals surface area (Å²) in [4.78, 5) is 8.70. The van der Waals surface area contributed by atoms with Crippen LogP contribution < -0.4 is 10.6 Å². The standard InChI is InChI=1S/C14H17ClN4/c1-4-16-14-17-10(3)7-13(19-14)18-11-6-5-9(2)12(15)8-11/h5-8H,4H2,1-3H3,(H2,16,17,18,19). The Kier molecular flexibility index (Phi) is 4.22. The lowest BCUT2D eigenvalue weighted by atomic mass is 10.2. The molecule has 100 valence electrons. The number of hydrogen-bond donors (Lipinski definition) is 2. The van der Waals surface area contributed by atoms with E-state index in [9.17, 15) is 0 Å². The maximum atomic E-state index is 6.11. The molecule has 2 N–H and O–H groups in total. The number of anilines is 3. The minimum absolute atomic E-state index is 0.628. The second kappa shape index (κ2) is 5.89. The summed E-state index contributed by atoms with van der Waals surface area (Å²) in [6, 6.07) is 7.74. The van der Waals surface area contributed by atoms with Crippen LogP contribution in [0.1, 0.15) is 18.2 Å². The minimum atomic E-state index is 0.628. The number of rotatable bonds is 4. The summed E-state index contributed by atoms with van der Waals surface area (Å²) >= 11 is 6.11. The molecule has 5 heteroatoms. The molecule has 0 aliphatic carbocycles. The lowest BCUT2D eigenvalue weighted by molar-refractivity contribution is 1.05. The molecule has 0 radical (unpaired) electrons. The summed E-state index contributed by atoms with van der Waals surface area (Å²) in [5, 5.41) is 7.08. The zero-order valence-corrected chi connectivity index (χ0v) is 12.0. The Labute approximate surface area is 118 Å². The molecule has 0 saturated carbocycles. The van der Waals surface area contributed by atoms with Crippen LogP contribution in [0.3, 0.4) is 0 Å². The first-order valence-corrected chi connectivity index (χ1v) is 6.59. The summed E-state index contributed by atoms with van der Waals surface area (Å²) in [7, 11) is 0. The molecule has 0 aliphatic heterocycles. The van der Waals surface area contributed by atoms with Crippen LogP contribution >= 0.6 is 11.6 Å². The Bertz CT molecular complexity index is 584. The molecule has 0 spiro atoms. The van der Waals surface area contributed by atoms with E-state index < -0.39 is 0 Å². The van der Waals surface area contributed by atoms with Gasteiger partial charge in [-0.05, 0) is 38.5 Å². The molecule has 0 atom stereocenters. The van der Waals surface area contributed by atoms with Gasteiger partial charge in [0.25, 0.3) is 0 Å². The SMILES string of the molecule is CCNc1nc(C)cc(Nc2ccc(C)c(Cl)c2)n1. The van der Waals surface area contributed by atoms with Crippen molar-refractivity contribution in [3.05, 3.63) is 40.5 Å². The van der Waals surface area contributed by atoms with Crippen LogP contribution in [0.15, 0.2) is 24.3 Å². The Morgan fingerprint density at radius 1 is 1.16 bits per heavy atom. The van der Waals surface area contributed by atoms with E-state index in [4.69, 9.17) is 11.6 Å². The monoisotopic (exact) mass is 276 g/mol. The molecular weight excluding hydrogens is 260 g/mol. The number of aryl methyl sites for hydroxylation is 2. The van der Waals surface area contributed by atoms with E-state index in [1.807, 2.05) is 45.0 Å². The first-order valence-electron chi connectivity index (χ1n) is 6.21.